The van der Waals surface area contributed by atoms with Crippen LogP contribution in [0, 0.1) is 5.41 Å². The summed E-state index contributed by atoms with van der Waals surface area (Å²) in [5.41, 5.74) is 0.580. The fraction of sp³-hybridized carbons (Fsp3) is 1.00. The molecule has 0 radical (unpaired) electrons. The van der Waals surface area contributed by atoms with E-state index in [1.807, 2.05) is 0 Å². The lowest BCUT2D eigenvalue weighted by Crippen LogP contribution is -2.43. The molecule has 118 valence electrons. The lowest BCUT2D eigenvalue weighted by atomic mass is 9.85. The van der Waals surface area contributed by atoms with Gasteiger partial charge in [-0.3, -0.25) is 0 Å². The summed E-state index contributed by atoms with van der Waals surface area (Å²) >= 11 is 0. The Bertz CT molecular complexity index is 267. The number of hydrogen-bond acceptors (Lipinski definition) is 3. The molecule has 0 spiro atoms. The summed E-state index contributed by atoms with van der Waals surface area (Å²) in [5, 5.41) is 3.81. The second-order valence-corrected chi connectivity index (χ2v) is 7.39. The minimum atomic E-state index is 0.580. The van der Waals surface area contributed by atoms with Crippen molar-refractivity contribution in [2.75, 3.05) is 46.8 Å². The number of nitrogens with zero attached hydrogens (tertiary/aromatic N) is 2. The molecule has 0 heterocycles. The number of nitrogens with one attached hydrogen (secondary N) is 1. The minimum Gasteiger partial charge on any atom is -0.313 e. The summed E-state index contributed by atoms with van der Waals surface area (Å²) in [7, 11) is 4.35. The third-order valence-corrected chi connectivity index (χ3v) is 5.09. The topological polar surface area (TPSA) is 18.5 Å². The summed E-state index contributed by atoms with van der Waals surface area (Å²) in [5.74, 6) is 0. The molecule has 0 atom stereocenters. The smallest absolute Gasteiger partial charge is 0.00684 e. The zero-order valence-electron chi connectivity index (χ0n) is 14.0. The molecule has 0 unspecified atom stereocenters. The van der Waals surface area contributed by atoms with Gasteiger partial charge >= 0.3 is 0 Å². The van der Waals surface area contributed by atoms with Gasteiger partial charge in [-0.15, -0.1) is 0 Å². The standard InChI is InChI=1S/C17H35N3/c1-4-20(13-7-12-19(2)3)15-17(10-5-6-11-17)14-18-16-8-9-16/h16,18H,4-15H2,1-3H3. The van der Waals surface area contributed by atoms with Crippen molar-refractivity contribution in [2.24, 2.45) is 5.41 Å². The van der Waals surface area contributed by atoms with E-state index in [2.05, 4.69) is 36.1 Å². The van der Waals surface area contributed by atoms with E-state index in [0.29, 0.717) is 5.41 Å². The predicted octanol–water partition coefficient (Wildman–Crippen LogP) is 2.57. The van der Waals surface area contributed by atoms with Crippen LogP contribution in [0.2, 0.25) is 0 Å². The van der Waals surface area contributed by atoms with Crippen LogP contribution in [0.15, 0.2) is 0 Å². The molecule has 0 aromatic carbocycles. The second kappa shape index (κ2) is 7.77. The van der Waals surface area contributed by atoms with Crippen LogP contribution in [0.1, 0.15) is 51.9 Å². The first-order valence-corrected chi connectivity index (χ1v) is 8.74. The van der Waals surface area contributed by atoms with Crippen molar-refractivity contribution in [1.29, 1.82) is 0 Å². The van der Waals surface area contributed by atoms with Gasteiger partial charge in [0.25, 0.3) is 0 Å². The Kier molecular flexibility index (Phi) is 6.31. The van der Waals surface area contributed by atoms with Gasteiger partial charge in [0.1, 0.15) is 0 Å². The van der Waals surface area contributed by atoms with Gasteiger partial charge in [-0.1, -0.05) is 19.8 Å². The molecule has 0 aliphatic heterocycles. The van der Waals surface area contributed by atoms with Gasteiger partial charge < -0.3 is 15.1 Å². The Hall–Kier alpha value is -0.120. The molecule has 2 saturated carbocycles. The van der Waals surface area contributed by atoms with Crippen molar-refractivity contribution in [3.05, 3.63) is 0 Å². The van der Waals surface area contributed by atoms with Crippen LogP contribution in [-0.2, 0) is 0 Å². The summed E-state index contributed by atoms with van der Waals surface area (Å²) in [6.07, 6.45) is 9.90. The van der Waals surface area contributed by atoms with Crippen molar-refractivity contribution in [2.45, 2.75) is 57.9 Å². The fourth-order valence-electron chi connectivity index (χ4n) is 3.60. The Balaban J connectivity index is 1.77. The second-order valence-electron chi connectivity index (χ2n) is 7.39. The highest BCUT2D eigenvalue weighted by Crippen LogP contribution is 2.39. The van der Waals surface area contributed by atoms with E-state index in [9.17, 15) is 0 Å². The van der Waals surface area contributed by atoms with Crippen LogP contribution in [0.3, 0.4) is 0 Å². The molecule has 2 rings (SSSR count). The molecule has 20 heavy (non-hydrogen) atoms. The first-order valence-electron chi connectivity index (χ1n) is 8.74. The highest BCUT2D eigenvalue weighted by molar-refractivity contribution is 4.92. The van der Waals surface area contributed by atoms with Gasteiger partial charge in [-0.25, -0.2) is 0 Å². The highest BCUT2D eigenvalue weighted by Gasteiger charge is 2.36. The third-order valence-electron chi connectivity index (χ3n) is 5.09. The summed E-state index contributed by atoms with van der Waals surface area (Å²) < 4.78 is 0. The molecule has 0 aromatic rings. The molecule has 2 aliphatic carbocycles. The Morgan fingerprint density at radius 1 is 1.10 bits per heavy atom. The Morgan fingerprint density at radius 3 is 2.35 bits per heavy atom. The van der Waals surface area contributed by atoms with Crippen LogP contribution in [-0.4, -0.2) is 62.7 Å². The van der Waals surface area contributed by atoms with E-state index in [4.69, 9.17) is 0 Å². The van der Waals surface area contributed by atoms with E-state index in [-0.39, 0.29) is 0 Å². The summed E-state index contributed by atoms with van der Waals surface area (Å²) in [6.45, 7) is 8.59. The van der Waals surface area contributed by atoms with E-state index in [1.54, 1.807) is 0 Å². The zero-order chi connectivity index (χ0) is 14.4. The average molecular weight is 281 g/mol. The first kappa shape index (κ1) is 16.3. The van der Waals surface area contributed by atoms with Gasteiger partial charge in [0, 0.05) is 19.1 Å². The molecule has 0 aromatic heterocycles. The molecule has 2 fully saturated rings. The van der Waals surface area contributed by atoms with Gasteiger partial charge in [-0.05, 0) is 71.2 Å². The SMILES string of the molecule is CCN(CCCN(C)C)CC1(CNC2CC2)CCCC1. The number of rotatable bonds is 10. The van der Waals surface area contributed by atoms with Gasteiger partial charge in [0.2, 0.25) is 0 Å². The van der Waals surface area contributed by atoms with Crippen molar-refractivity contribution in [3.63, 3.8) is 0 Å². The zero-order valence-corrected chi connectivity index (χ0v) is 14.0. The molecule has 0 saturated heterocycles. The molecular formula is C17H35N3. The van der Waals surface area contributed by atoms with Gasteiger partial charge in [-0.2, -0.15) is 0 Å². The van der Waals surface area contributed by atoms with Crippen LogP contribution in [0.4, 0.5) is 0 Å². The number of hydrogen-bond donors (Lipinski definition) is 1. The molecule has 3 nitrogen and oxygen atoms in total. The average Bonchev–Trinajstić information content (AvgIpc) is 3.15. The first-order chi connectivity index (χ1) is 9.63. The monoisotopic (exact) mass is 281 g/mol. The fourth-order valence-corrected chi connectivity index (χ4v) is 3.60. The van der Waals surface area contributed by atoms with E-state index < -0.39 is 0 Å². The third kappa shape index (κ3) is 5.34. The van der Waals surface area contributed by atoms with Crippen molar-refractivity contribution in [3.8, 4) is 0 Å². The minimum absolute atomic E-state index is 0.580. The molecule has 0 bridgehead atoms. The van der Waals surface area contributed by atoms with Gasteiger partial charge in [0.05, 0.1) is 0 Å². The maximum atomic E-state index is 3.81. The van der Waals surface area contributed by atoms with Crippen molar-refractivity contribution in [1.82, 2.24) is 15.1 Å². The van der Waals surface area contributed by atoms with Crippen LogP contribution in [0.5, 0.6) is 0 Å². The largest absolute Gasteiger partial charge is 0.313 e. The Labute approximate surface area is 126 Å². The molecule has 2 aliphatic rings. The molecule has 0 amide bonds. The lowest BCUT2D eigenvalue weighted by molar-refractivity contribution is 0.149. The maximum Gasteiger partial charge on any atom is 0.00684 e. The van der Waals surface area contributed by atoms with Crippen LogP contribution in [0.25, 0.3) is 0 Å². The summed E-state index contributed by atoms with van der Waals surface area (Å²) in [6, 6.07) is 0.858. The molecule has 3 heteroatoms. The highest BCUT2D eigenvalue weighted by atomic mass is 15.1. The van der Waals surface area contributed by atoms with E-state index in [1.165, 1.54) is 77.7 Å². The van der Waals surface area contributed by atoms with E-state index in [0.717, 1.165) is 6.04 Å². The predicted molar refractivity (Wildman–Crippen MR) is 87.2 cm³/mol. The van der Waals surface area contributed by atoms with Gasteiger partial charge in [0.15, 0.2) is 0 Å². The van der Waals surface area contributed by atoms with E-state index >= 15 is 0 Å². The van der Waals surface area contributed by atoms with Crippen LogP contribution >= 0.6 is 0 Å². The Morgan fingerprint density at radius 2 is 1.80 bits per heavy atom. The lowest BCUT2D eigenvalue weighted by Gasteiger charge is -2.35. The van der Waals surface area contributed by atoms with Crippen molar-refractivity contribution < 1.29 is 0 Å². The van der Waals surface area contributed by atoms with Crippen LogP contribution < -0.4 is 5.32 Å². The summed E-state index contributed by atoms with van der Waals surface area (Å²) in [4.78, 5) is 5.00. The maximum absolute atomic E-state index is 3.81. The molecular weight excluding hydrogens is 246 g/mol. The molecule has 1 N–H and O–H groups in total. The normalized spacial score (nSPS) is 22.1. The van der Waals surface area contributed by atoms with Crippen molar-refractivity contribution >= 4 is 0 Å². The quantitative estimate of drug-likeness (QED) is 0.664.